The average Bonchev–Trinajstić information content (AvgIpc) is 2.82. The zero-order chi connectivity index (χ0) is 26.4. The number of fused-ring (bicyclic) bond motifs is 2. The maximum atomic E-state index is 12.2. The van der Waals surface area contributed by atoms with Gasteiger partial charge < -0.3 is 4.74 Å². The second kappa shape index (κ2) is 9.58. The number of ether oxygens (including phenoxy) is 1. The molecule has 0 radical (unpaired) electrons. The van der Waals surface area contributed by atoms with Crippen molar-refractivity contribution in [2.75, 3.05) is 30.3 Å². The monoisotopic (exact) mass is 544 g/mol. The molecule has 0 aromatic heterocycles. The fraction of sp³-hybridized carbons (Fsp3) is 0.500. The quantitative estimate of drug-likeness (QED) is 0.592. The predicted molar refractivity (Wildman–Crippen MR) is 141 cm³/mol. The summed E-state index contributed by atoms with van der Waals surface area (Å²) in [5.74, 6) is 0.583. The van der Waals surface area contributed by atoms with Crippen LogP contribution in [0.4, 0.5) is 5.69 Å². The van der Waals surface area contributed by atoms with E-state index in [4.69, 9.17) is 4.74 Å². The third-order valence-electron chi connectivity index (χ3n) is 7.71. The lowest BCUT2D eigenvalue weighted by atomic mass is 9.79. The highest BCUT2D eigenvalue weighted by atomic mass is 32.2. The number of hydrogen-bond donors (Lipinski definition) is 2. The summed E-state index contributed by atoms with van der Waals surface area (Å²) in [5, 5.41) is 9.18. The minimum absolute atomic E-state index is 0.371. The molecule has 0 bridgehead atoms. The molecule has 1 fully saturated rings. The summed E-state index contributed by atoms with van der Waals surface area (Å²) < 4.78 is 59.6. The van der Waals surface area contributed by atoms with Gasteiger partial charge in [-0.15, -0.1) is 0 Å². The Morgan fingerprint density at radius 2 is 1.78 bits per heavy atom. The maximum absolute atomic E-state index is 12.2. The number of sulfonamides is 2. The molecule has 0 amide bonds. The van der Waals surface area contributed by atoms with Crippen molar-refractivity contribution in [1.29, 1.82) is 5.26 Å². The zero-order valence-corrected chi connectivity index (χ0v) is 22.7. The van der Waals surface area contributed by atoms with Gasteiger partial charge in [0, 0.05) is 36.8 Å². The molecule has 37 heavy (non-hydrogen) atoms. The first-order chi connectivity index (χ1) is 17.4. The first-order valence-electron chi connectivity index (χ1n) is 12.5. The van der Waals surface area contributed by atoms with E-state index in [1.807, 2.05) is 12.1 Å². The highest BCUT2D eigenvalue weighted by Crippen LogP contribution is 2.46. The molecular weight excluding hydrogens is 512 g/mol. The van der Waals surface area contributed by atoms with Gasteiger partial charge in [0.15, 0.2) is 0 Å². The summed E-state index contributed by atoms with van der Waals surface area (Å²) in [5.41, 5.74) is 3.81. The minimum Gasteiger partial charge on any atom is -0.487 e. The Kier molecular flexibility index (Phi) is 6.73. The van der Waals surface area contributed by atoms with Crippen LogP contribution >= 0.6 is 0 Å². The maximum Gasteiger partial charge on any atom is 0.229 e. The van der Waals surface area contributed by atoms with E-state index in [0.717, 1.165) is 57.7 Å². The van der Waals surface area contributed by atoms with Crippen molar-refractivity contribution in [1.82, 2.24) is 9.62 Å². The number of hydrogen-bond acceptors (Lipinski definition) is 7. The van der Waals surface area contributed by atoms with Gasteiger partial charge in [0.1, 0.15) is 11.4 Å². The van der Waals surface area contributed by atoms with Crippen LogP contribution in [0.25, 0.3) is 0 Å². The van der Waals surface area contributed by atoms with Crippen LogP contribution in [-0.4, -0.2) is 59.0 Å². The van der Waals surface area contributed by atoms with E-state index in [1.165, 1.54) is 11.1 Å². The van der Waals surface area contributed by atoms with Crippen molar-refractivity contribution in [3.8, 4) is 11.8 Å². The Morgan fingerprint density at radius 1 is 1.03 bits per heavy atom. The van der Waals surface area contributed by atoms with Crippen molar-refractivity contribution < 1.29 is 21.6 Å². The largest absolute Gasteiger partial charge is 0.487 e. The first kappa shape index (κ1) is 26.0. The summed E-state index contributed by atoms with van der Waals surface area (Å²) in [6.07, 6.45) is 7.21. The lowest BCUT2D eigenvalue weighted by Crippen LogP contribution is -2.54. The van der Waals surface area contributed by atoms with Crippen LogP contribution in [0.2, 0.25) is 0 Å². The number of nitrogens with zero attached hydrogens (tertiary/aromatic N) is 2. The van der Waals surface area contributed by atoms with Gasteiger partial charge in [-0.05, 0) is 73.6 Å². The average molecular weight is 545 g/mol. The first-order valence-corrected chi connectivity index (χ1v) is 16.2. The third-order valence-corrected chi connectivity index (χ3v) is 9.03. The highest BCUT2D eigenvalue weighted by molar-refractivity contribution is 7.92. The van der Waals surface area contributed by atoms with E-state index in [1.54, 1.807) is 18.2 Å². The van der Waals surface area contributed by atoms with Crippen LogP contribution < -0.4 is 14.2 Å². The second-order valence-corrected chi connectivity index (χ2v) is 14.1. The van der Waals surface area contributed by atoms with Gasteiger partial charge in [-0.1, -0.05) is 6.07 Å². The van der Waals surface area contributed by atoms with Crippen molar-refractivity contribution in [3.05, 3.63) is 58.7 Å². The minimum atomic E-state index is -3.51. The number of benzene rings is 2. The Bertz CT molecular complexity index is 1460. The summed E-state index contributed by atoms with van der Waals surface area (Å²) >= 11 is 0. The molecule has 9 nitrogen and oxygen atoms in total. The molecule has 1 saturated heterocycles. The van der Waals surface area contributed by atoms with Crippen molar-refractivity contribution in [2.24, 2.45) is 0 Å². The normalized spacial score (nSPS) is 23.4. The van der Waals surface area contributed by atoms with Gasteiger partial charge in [0.25, 0.3) is 0 Å². The molecule has 2 aromatic carbocycles. The van der Waals surface area contributed by atoms with Gasteiger partial charge in [-0.3, -0.25) is 9.62 Å². The summed E-state index contributed by atoms with van der Waals surface area (Å²) in [6, 6.07) is 13.2. The van der Waals surface area contributed by atoms with E-state index in [-0.39, 0.29) is 0 Å². The molecule has 5 rings (SSSR count). The van der Waals surface area contributed by atoms with E-state index in [0.29, 0.717) is 35.0 Å². The topological polar surface area (TPSA) is 129 Å². The highest BCUT2D eigenvalue weighted by Gasteiger charge is 2.45. The van der Waals surface area contributed by atoms with Gasteiger partial charge in [0.05, 0.1) is 30.2 Å². The molecule has 2 N–H and O–H groups in total. The molecule has 2 unspecified atom stereocenters. The predicted octanol–water partition coefficient (Wildman–Crippen LogP) is 2.69. The van der Waals surface area contributed by atoms with Gasteiger partial charge in [-0.2, -0.15) is 5.26 Å². The van der Waals surface area contributed by atoms with E-state index in [2.05, 4.69) is 26.5 Å². The van der Waals surface area contributed by atoms with Crippen molar-refractivity contribution in [2.45, 2.75) is 56.2 Å². The summed E-state index contributed by atoms with van der Waals surface area (Å²) in [4.78, 5) is 2.52. The van der Waals surface area contributed by atoms with E-state index < -0.39 is 31.7 Å². The molecule has 2 heterocycles. The molecule has 11 heteroatoms. The van der Waals surface area contributed by atoms with Crippen LogP contribution in [0, 0.1) is 11.3 Å². The van der Waals surface area contributed by atoms with Gasteiger partial charge in [0.2, 0.25) is 20.0 Å². The molecular formula is C26H32N4O5S2. The number of nitriles is 1. The van der Waals surface area contributed by atoms with Crippen LogP contribution in [0.5, 0.6) is 5.75 Å². The summed E-state index contributed by atoms with van der Waals surface area (Å²) in [7, 11) is -6.98. The Balaban J connectivity index is 1.32. The lowest BCUT2D eigenvalue weighted by Gasteiger charge is -2.49. The van der Waals surface area contributed by atoms with E-state index >= 15 is 0 Å². The van der Waals surface area contributed by atoms with Crippen LogP contribution in [0.15, 0.2) is 36.4 Å². The van der Waals surface area contributed by atoms with Gasteiger partial charge >= 0.3 is 0 Å². The second-order valence-electron chi connectivity index (χ2n) is 10.6. The van der Waals surface area contributed by atoms with Crippen LogP contribution in [0.3, 0.4) is 0 Å². The molecule has 198 valence electrons. The number of nitrogens with one attached hydrogen (secondary N) is 2. The summed E-state index contributed by atoms with van der Waals surface area (Å²) in [6.45, 7) is 1.70. The molecule has 2 aromatic rings. The smallest absolute Gasteiger partial charge is 0.229 e. The van der Waals surface area contributed by atoms with E-state index in [9.17, 15) is 22.1 Å². The Hall–Kier alpha value is -2.65. The molecule has 2 aliphatic heterocycles. The van der Waals surface area contributed by atoms with Gasteiger partial charge in [-0.25, -0.2) is 21.6 Å². The lowest BCUT2D eigenvalue weighted by molar-refractivity contribution is -0.0336. The molecule has 1 aliphatic carbocycles. The SMILES string of the molecule is CS(=O)(=O)Nc1ccc2c(c1)C(NS(C)(=O)=O)CC1(CCN(C3CCc4cc(C#N)ccc4C3)CC1)O2. The number of likely N-dealkylation sites (tertiary alicyclic amines) is 1. The molecule has 3 aliphatic rings. The van der Waals surface area contributed by atoms with Crippen LogP contribution in [0.1, 0.15) is 54.0 Å². The number of rotatable bonds is 5. The third kappa shape index (κ3) is 5.93. The fourth-order valence-electron chi connectivity index (χ4n) is 6.03. The number of piperidine rings is 1. The van der Waals surface area contributed by atoms with Crippen LogP contribution in [-0.2, 0) is 32.9 Å². The number of aryl methyl sites for hydroxylation is 1. The Labute approximate surface area is 218 Å². The molecule has 1 spiro atoms. The van der Waals surface area contributed by atoms with Crippen molar-refractivity contribution in [3.63, 3.8) is 0 Å². The van der Waals surface area contributed by atoms with Crippen molar-refractivity contribution >= 4 is 25.7 Å². The zero-order valence-electron chi connectivity index (χ0n) is 21.0. The number of anilines is 1. The fourth-order valence-corrected chi connectivity index (χ4v) is 7.31. The standard InChI is InChI=1S/C26H32N4O5S2/c1-36(31,32)28-21-6-8-25-23(15-21)24(29-37(2,33)34)16-26(35-25)9-11-30(12-10-26)22-7-5-19-13-18(17-27)3-4-20(19)14-22/h3-4,6,8,13,15,22,24,28-29H,5,7,9-12,14,16H2,1-2H3. The Morgan fingerprint density at radius 3 is 2.46 bits per heavy atom. The molecule has 2 atom stereocenters. The molecule has 0 saturated carbocycles.